The Kier molecular flexibility index (Phi) is 17.2. The summed E-state index contributed by atoms with van der Waals surface area (Å²) < 4.78 is 24.2. The number of Topliss-reactive ketones (excluding diaryl/α,β-unsaturated/α-hetero) is 2. The summed E-state index contributed by atoms with van der Waals surface area (Å²) in [6.45, 7) is 12.9. The molecule has 322 valence electrons. The van der Waals surface area contributed by atoms with Crippen LogP contribution in [0.3, 0.4) is 0 Å². The van der Waals surface area contributed by atoms with Crippen molar-refractivity contribution in [2.45, 2.75) is 154 Å². The Morgan fingerprint density at radius 2 is 1.67 bits per heavy atom. The Morgan fingerprint density at radius 1 is 0.982 bits per heavy atom. The maximum absolute atomic E-state index is 14.3. The fourth-order valence-electron chi connectivity index (χ4n) is 9.51. The normalized spacial score (nSPS) is 41.0. The molecule has 1 saturated carbocycles. The lowest BCUT2D eigenvalue weighted by Crippen LogP contribution is -2.64. The molecule has 3 heterocycles. The topological polar surface area (TPSA) is 189 Å². The average molecular weight is 804 g/mol. The zero-order chi connectivity index (χ0) is 42.2. The number of hydrogen-bond donors (Lipinski definition) is 4. The first-order valence-corrected chi connectivity index (χ1v) is 21.0. The molecule has 0 aromatic carbocycles. The van der Waals surface area contributed by atoms with Gasteiger partial charge in [0.15, 0.2) is 0 Å². The van der Waals surface area contributed by atoms with Gasteiger partial charge in [0.2, 0.25) is 5.79 Å². The van der Waals surface area contributed by atoms with Crippen LogP contribution in [0.5, 0.6) is 0 Å². The summed E-state index contributed by atoms with van der Waals surface area (Å²) in [7, 11) is 3.04. The number of fused-ring (bicyclic) bond motifs is 3. The number of carbonyl (C=O) groups is 4. The Morgan fingerprint density at radius 3 is 2.32 bits per heavy atom. The van der Waals surface area contributed by atoms with Crippen molar-refractivity contribution in [3.05, 3.63) is 36.0 Å². The second-order valence-corrected chi connectivity index (χ2v) is 17.4. The number of cyclic esters (lactones) is 1. The van der Waals surface area contributed by atoms with Crippen LogP contribution in [0.4, 0.5) is 0 Å². The summed E-state index contributed by atoms with van der Waals surface area (Å²) in [6.07, 6.45) is 5.00. The van der Waals surface area contributed by atoms with Crippen molar-refractivity contribution < 1.29 is 58.6 Å². The van der Waals surface area contributed by atoms with E-state index >= 15 is 0 Å². The first-order valence-electron chi connectivity index (χ1n) is 21.0. The predicted octanol–water partition coefficient (Wildman–Crippen LogP) is 4.23. The van der Waals surface area contributed by atoms with E-state index in [9.17, 15) is 39.6 Å². The van der Waals surface area contributed by atoms with Gasteiger partial charge in [0, 0.05) is 57.5 Å². The first-order chi connectivity index (χ1) is 27.0. The number of esters is 1. The summed E-state index contributed by atoms with van der Waals surface area (Å²) in [4.78, 5) is 57.8. The van der Waals surface area contributed by atoms with Crippen molar-refractivity contribution in [3.8, 4) is 0 Å². The van der Waals surface area contributed by atoms with Gasteiger partial charge in [-0.3, -0.25) is 14.4 Å². The van der Waals surface area contributed by atoms with Gasteiger partial charge >= 0.3 is 5.97 Å². The van der Waals surface area contributed by atoms with E-state index in [1.165, 1.54) is 19.1 Å². The van der Waals surface area contributed by atoms with Crippen molar-refractivity contribution in [1.29, 1.82) is 0 Å². The van der Waals surface area contributed by atoms with Crippen LogP contribution in [-0.2, 0) is 38.1 Å². The fraction of sp³-hybridized carbons (Fsp3) is 0.773. The number of nitrogens with zero attached hydrogens (tertiary/aromatic N) is 1. The van der Waals surface area contributed by atoms with Crippen LogP contribution in [0.25, 0.3) is 0 Å². The van der Waals surface area contributed by atoms with Crippen molar-refractivity contribution in [2.75, 3.05) is 27.4 Å². The molecule has 0 spiro atoms. The fourth-order valence-corrected chi connectivity index (χ4v) is 9.51. The number of ether oxygens (including phenoxy) is 4. The van der Waals surface area contributed by atoms with Crippen molar-refractivity contribution >= 4 is 23.4 Å². The smallest absolute Gasteiger partial charge is 0.329 e. The molecule has 3 aliphatic heterocycles. The molecule has 0 aromatic heterocycles. The number of amides is 1. The second kappa shape index (κ2) is 21.0. The predicted molar refractivity (Wildman–Crippen MR) is 212 cm³/mol. The summed E-state index contributed by atoms with van der Waals surface area (Å²) in [6, 6.07) is -1.16. The van der Waals surface area contributed by atoms with Gasteiger partial charge in [0.05, 0.1) is 24.4 Å². The number of ketones is 2. The third-order valence-corrected chi connectivity index (χ3v) is 13.0. The molecule has 4 N–H and O–H groups in total. The lowest BCUT2D eigenvalue weighted by molar-refractivity contribution is -0.302. The molecular formula is C44H69NO12. The van der Waals surface area contributed by atoms with E-state index in [2.05, 4.69) is 6.58 Å². The van der Waals surface area contributed by atoms with E-state index in [1.807, 2.05) is 26.0 Å². The van der Waals surface area contributed by atoms with E-state index in [0.717, 1.165) is 5.57 Å². The van der Waals surface area contributed by atoms with Gasteiger partial charge in [-0.2, -0.15) is 0 Å². The average Bonchev–Trinajstić information content (AvgIpc) is 3.18. The van der Waals surface area contributed by atoms with E-state index in [4.69, 9.17) is 18.9 Å². The molecule has 4 aliphatic rings. The SMILES string of the molecule is C=CC[C@H]1/C=C(\C)C[C@H](C)C[C@H](OC)[C@H]2O[C@@](O)(C(=O)C(=O)N3CCCC[C@H]3C(=O)O[C@H](/C(C)=C/[C@@H]3CC[C@@H](O)[C@H](CO)C3)[C@H](C)C(O)CC1=O)[C@H](C)C[C@@H]2OC. The molecular weight excluding hydrogens is 734 g/mol. The minimum Gasteiger partial charge on any atom is -0.456 e. The summed E-state index contributed by atoms with van der Waals surface area (Å²) in [5.41, 5.74) is 1.58. The lowest BCUT2D eigenvalue weighted by Gasteiger charge is -2.47. The monoisotopic (exact) mass is 803 g/mol. The van der Waals surface area contributed by atoms with Crippen molar-refractivity contribution in [3.63, 3.8) is 0 Å². The molecule has 13 nitrogen and oxygen atoms in total. The van der Waals surface area contributed by atoms with Crippen LogP contribution in [0.15, 0.2) is 36.0 Å². The molecule has 1 unspecified atom stereocenters. The van der Waals surface area contributed by atoms with E-state index in [0.29, 0.717) is 56.9 Å². The van der Waals surface area contributed by atoms with Gasteiger partial charge in [-0.1, -0.05) is 44.6 Å². The zero-order valence-electron chi connectivity index (χ0n) is 35.1. The molecule has 2 saturated heterocycles. The Labute approximate surface area is 338 Å². The van der Waals surface area contributed by atoms with Crippen LogP contribution in [0, 0.1) is 35.5 Å². The van der Waals surface area contributed by atoms with Gasteiger partial charge in [-0.05, 0) is 95.5 Å². The highest BCUT2D eigenvalue weighted by molar-refractivity contribution is 6.39. The summed E-state index contributed by atoms with van der Waals surface area (Å²) in [5, 5.41) is 44.0. The number of allylic oxidation sites excluding steroid dienone is 4. The van der Waals surface area contributed by atoms with Crippen LogP contribution in [0.2, 0.25) is 0 Å². The van der Waals surface area contributed by atoms with E-state index in [-0.39, 0.29) is 56.0 Å². The van der Waals surface area contributed by atoms with Gasteiger partial charge in [-0.25, -0.2) is 4.79 Å². The second-order valence-electron chi connectivity index (χ2n) is 17.4. The maximum Gasteiger partial charge on any atom is 0.329 e. The van der Waals surface area contributed by atoms with Gasteiger partial charge < -0.3 is 44.3 Å². The molecule has 0 aromatic rings. The highest BCUT2D eigenvalue weighted by Gasteiger charge is 2.56. The molecule has 4 rings (SSSR count). The largest absolute Gasteiger partial charge is 0.456 e. The van der Waals surface area contributed by atoms with Crippen LogP contribution in [-0.4, -0.2) is 125 Å². The van der Waals surface area contributed by atoms with Gasteiger partial charge in [-0.15, -0.1) is 6.58 Å². The molecule has 14 atom stereocenters. The Hall–Kier alpha value is -2.78. The standard InChI is InChI=1S/C44H69NO12/c1-9-12-31-18-25(2)17-26(3)19-37(54-7)40-38(55-8)21-28(5)44(53,57-40)41(50)42(51)45-16-11-10-13-33(45)43(52)56-39(29(6)35(48)23-36(31)49)27(4)20-30-14-15-34(47)32(22-30)24-46/h9,18,20,26,28-35,37-40,46-48,53H,1,10-17,19,21-24H2,2-8H3/b25-18+,27-20+/t26-,28+,29+,30-,31-,32-,33-,34+,35?,37-,38-,39+,40+,44+/m0/s1. The zero-order valence-corrected chi connectivity index (χ0v) is 35.1. The minimum atomic E-state index is -2.52. The minimum absolute atomic E-state index is 0.00385. The number of rotatable bonds is 7. The third kappa shape index (κ3) is 11.3. The molecule has 2 bridgehead atoms. The highest BCUT2D eigenvalue weighted by atomic mass is 16.7. The molecule has 1 amide bonds. The number of hydrogen-bond acceptors (Lipinski definition) is 12. The summed E-state index contributed by atoms with van der Waals surface area (Å²) >= 11 is 0. The number of aliphatic hydroxyl groups excluding tert-OH is 3. The molecule has 0 radical (unpaired) electrons. The lowest BCUT2D eigenvalue weighted by atomic mass is 9.78. The molecule has 57 heavy (non-hydrogen) atoms. The molecule has 1 aliphatic carbocycles. The Balaban J connectivity index is 1.78. The molecule has 3 fully saturated rings. The van der Waals surface area contributed by atoms with Gasteiger partial charge in [0.25, 0.3) is 11.7 Å². The Bertz CT molecular complexity index is 1480. The maximum atomic E-state index is 14.3. The van der Waals surface area contributed by atoms with Crippen molar-refractivity contribution in [2.24, 2.45) is 35.5 Å². The third-order valence-electron chi connectivity index (χ3n) is 13.0. The highest BCUT2D eigenvalue weighted by Crippen LogP contribution is 2.39. The van der Waals surface area contributed by atoms with Crippen LogP contribution < -0.4 is 0 Å². The number of piperidine rings is 1. The number of carbonyl (C=O) groups excluding carboxylic acids is 4. The first kappa shape index (κ1) is 46.9. The van der Waals surface area contributed by atoms with Crippen molar-refractivity contribution in [1.82, 2.24) is 4.90 Å². The van der Waals surface area contributed by atoms with Crippen LogP contribution >= 0.6 is 0 Å². The quantitative estimate of drug-likeness (QED) is 0.163. The summed E-state index contributed by atoms with van der Waals surface area (Å²) in [5.74, 6) is -8.19. The van der Waals surface area contributed by atoms with E-state index < -0.39 is 83.9 Å². The number of aliphatic hydroxyl groups is 4. The van der Waals surface area contributed by atoms with Gasteiger partial charge in [0.1, 0.15) is 24.0 Å². The van der Waals surface area contributed by atoms with Crippen LogP contribution in [0.1, 0.15) is 105 Å². The van der Waals surface area contributed by atoms with E-state index in [1.54, 1.807) is 26.8 Å². The number of methoxy groups -OCH3 is 2. The molecule has 13 heteroatoms.